The van der Waals surface area contributed by atoms with Crippen molar-refractivity contribution in [3.63, 3.8) is 0 Å². The largest absolute Gasteiger partial charge is 0.366 e. The molecule has 0 spiro atoms. The molecule has 5 heteroatoms. The number of hydrogen-bond acceptors (Lipinski definition) is 5. The van der Waals surface area contributed by atoms with E-state index in [4.69, 9.17) is 0 Å². The van der Waals surface area contributed by atoms with Crippen LogP contribution in [0, 0.1) is 0 Å². The Kier molecular flexibility index (Phi) is 3.52. The Balaban J connectivity index is 1.67. The van der Waals surface area contributed by atoms with E-state index in [1.165, 1.54) is 0 Å². The number of piperidine rings is 1. The highest BCUT2D eigenvalue weighted by Gasteiger charge is 2.13. The third kappa shape index (κ3) is 2.68. The van der Waals surface area contributed by atoms with Crippen LogP contribution in [0.4, 0.5) is 5.82 Å². The molecular weight excluding hydrogens is 244 g/mol. The quantitative estimate of drug-likeness (QED) is 0.889. The Morgan fingerprint density at radius 2 is 2.06 bits per heavy atom. The first-order valence-electron chi connectivity index (χ1n) is 6.27. The molecule has 3 rings (SSSR count). The normalized spacial score (nSPS) is 16.7. The average molecular weight is 260 g/mol. The number of hydrogen-bond donors (Lipinski definition) is 2. The van der Waals surface area contributed by atoms with Crippen LogP contribution in [0.25, 0.3) is 10.6 Å². The lowest BCUT2D eigenvalue weighted by molar-refractivity contribution is 0.478. The van der Waals surface area contributed by atoms with Crippen LogP contribution in [0.3, 0.4) is 0 Å². The summed E-state index contributed by atoms with van der Waals surface area (Å²) in [7, 11) is 0. The Labute approximate surface area is 110 Å². The van der Waals surface area contributed by atoms with Crippen molar-refractivity contribution in [1.29, 1.82) is 0 Å². The van der Waals surface area contributed by atoms with Gasteiger partial charge in [-0.1, -0.05) is 6.07 Å². The molecule has 0 aromatic carbocycles. The highest BCUT2D eigenvalue weighted by atomic mass is 32.1. The maximum absolute atomic E-state index is 4.27. The van der Waals surface area contributed by atoms with Crippen LogP contribution >= 0.6 is 11.3 Å². The van der Waals surface area contributed by atoms with Gasteiger partial charge in [0.05, 0.1) is 4.88 Å². The third-order valence-electron chi connectivity index (χ3n) is 3.13. The highest BCUT2D eigenvalue weighted by molar-refractivity contribution is 7.13. The molecule has 4 nitrogen and oxygen atoms in total. The summed E-state index contributed by atoms with van der Waals surface area (Å²) in [5, 5.41) is 17.4. The Hall–Kier alpha value is -1.46. The van der Waals surface area contributed by atoms with Gasteiger partial charge in [-0.3, -0.25) is 0 Å². The first-order chi connectivity index (χ1) is 8.92. The third-order valence-corrected chi connectivity index (χ3v) is 4.02. The Morgan fingerprint density at radius 3 is 2.72 bits per heavy atom. The zero-order chi connectivity index (χ0) is 12.2. The van der Waals surface area contributed by atoms with Gasteiger partial charge in [0.25, 0.3) is 0 Å². The van der Waals surface area contributed by atoms with Crippen molar-refractivity contribution in [2.75, 3.05) is 18.4 Å². The van der Waals surface area contributed by atoms with Crippen molar-refractivity contribution in [3.05, 3.63) is 29.6 Å². The predicted molar refractivity (Wildman–Crippen MR) is 74.9 cm³/mol. The van der Waals surface area contributed by atoms with Crippen molar-refractivity contribution in [1.82, 2.24) is 15.5 Å². The van der Waals surface area contributed by atoms with Gasteiger partial charge >= 0.3 is 0 Å². The average Bonchev–Trinajstić information content (AvgIpc) is 2.95. The second-order valence-electron chi connectivity index (χ2n) is 4.45. The number of rotatable bonds is 3. The molecule has 2 N–H and O–H groups in total. The van der Waals surface area contributed by atoms with Gasteiger partial charge in [0.15, 0.2) is 0 Å². The van der Waals surface area contributed by atoms with E-state index in [0.29, 0.717) is 6.04 Å². The molecule has 3 heterocycles. The molecule has 2 aromatic rings. The fraction of sp³-hybridized carbons (Fsp3) is 0.385. The summed E-state index contributed by atoms with van der Waals surface area (Å²) in [6.07, 6.45) is 2.29. The van der Waals surface area contributed by atoms with Crippen LogP contribution in [0.1, 0.15) is 12.8 Å². The summed E-state index contributed by atoms with van der Waals surface area (Å²) in [6, 6.07) is 8.66. The van der Waals surface area contributed by atoms with Gasteiger partial charge in [-0.05, 0) is 49.5 Å². The monoisotopic (exact) mass is 260 g/mol. The van der Waals surface area contributed by atoms with Crippen LogP contribution < -0.4 is 10.6 Å². The minimum absolute atomic E-state index is 0.521. The van der Waals surface area contributed by atoms with E-state index < -0.39 is 0 Å². The molecule has 0 atom stereocenters. The van der Waals surface area contributed by atoms with E-state index in [2.05, 4.69) is 32.3 Å². The molecule has 0 bridgehead atoms. The summed E-state index contributed by atoms with van der Waals surface area (Å²) in [6.45, 7) is 2.16. The van der Waals surface area contributed by atoms with Crippen LogP contribution in [0.5, 0.6) is 0 Å². The van der Waals surface area contributed by atoms with Crippen molar-refractivity contribution in [3.8, 4) is 10.6 Å². The van der Waals surface area contributed by atoms with Crippen LogP contribution in [-0.4, -0.2) is 29.3 Å². The summed E-state index contributed by atoms with van der Waals surface area (Å²) >= 11 is 1.69. The molecule has 1 aliphatic rings. The van der Waals surface area contributed by atoms with Gasteiger partial charge in [0.2, 0.25) is 0 Å². The van der Waals surface area contributed by atoms with Crippen LogP contribution in [0.15, 0.2) is 29.6 Å². The van der Waals surface area contributed by atoms with E-state index in [1.54, 1.807) is 11.3 Å². The molecule has 18 heavy (non-hydrogen) atoms. The topological polar surface area (TPSA) is 49.8 Å². The maximum Gasteiger partial charge on any atom is 0.148 e. The van der Waals surface area contributed by atoms with Gasteiger partial charge in [-0.2, -0.15) is 0 Å². The molecule has 0 amide bonds. The molecule has 0 aliphatic carbocycles. The van der Waals surface area contributed by atoms with Gasteiger partial charge in [0, 0.05) is 6.04 Å². The van der Waals surface area contributed by atoms with Crippen molar-refractivity contribution >= 4 is 17.2 Å². The van der Waals surface area contributed by atoms with Crippen molar-refractivity contribution in [2.45, 2.75) is 18.9 Å². The van der Waals surface area contributed by atoms with Gasteiger partial charge < -0.3 is 10.6 Å². The van der Waals surface area contributed by atoms with E-state index in [9.17, 15) is 0 Å². The number of nitrogens with zero attached hydrogens (tertiary/aromatic N) is 2. The molecule has 1 aliphatic heterocycles. The summed E-state index contributed by atoms with van der Waals surface area (Å²) in [5.41, 5.74) is 0.945. The van der Waals surface area contributed by atoms with Crippen LogP contribution in [-0.2, 0) is 0 Å². The number of aromatic nitrogens is 2. The summed E-state index contributed by atoms with van der Waals surface area (Å²) in [5.74, 6) is 0.877. The molecule has 0 radical (unpaired) electrons. The number of nitrogens with one attached hydrogen (secondary N) is 2. The lowest BCUT2D eigenvalue weighted by Gasteiger charge is -2.23. The van der Waals surface area contributed by atoms with E-state index in [1.807, 2.05) is 18.2 Å². The van der Waals surface area contributed by atoms with Gasteiger partial charge in [0.1, 0.15) is 11.5 Å². The lowest BCUT2D eigenvalue weighted by atomic mass is 10.1. The fourth-order valence-corrected chi connectivity index (χ4v) is 2.83. The summed E-state index contributed by atoms with van der Waals surface area (Å²) < 4.78 is 0. The van der Waals surface area contributed by atoms with Gasteiger partial charge in [-0.15, -0.1) is 21.5 Å². The van der Waals surface area contributed by atoms with E-state index >= 15 is 0 Å². The first-order valence-corrected chi connectivity index (χ1v) is 7.14. The molecule has 0 unspecified atom stereocenters. The zero-order valence-electron chi connectivity index (χ0n) is 10.1. The maximum atomic E-state index is 4.27. The van der Waals surface area contributed by atoms with Crippen molar-refractivity contribution in [2.24, 2.45) is 0 Å². The first kappa shape index (κ1) is 11.6. The molecule has 94 valence electrons. The number of anilines is 1. The van der Waals surface area contributed by atoms with Crippen LogP contribution in [0.2, 0.25) is 0 Å². The SMILES string of the molecule is c1csc(-c2ccc(NC3CCNCC3)nn2)c1. The molecule has 1 saturated heterocycles. The van der Waals surface area contributed by atoms with Gasteiger partial charge in [-0.25, -0.2) is 0 Å². The smallest absolute Gasteiger partial charge is 0.148 e. The highest BCUT2D eigenvalue weighted by Crippen LogP contribution is 2.22. The van der Waals surface area contributed by atoms with E-state index in [-0.39, 0.29) is 0 Å². The molecule has 0 saturated carbocycles. The second-order valence-corrected chi connectivity index (χ2v) is 5.40. The minimum Gasteiger partial charge on any atom is -0.366 e. The minimum atomic E-state index is 0.521. The fourth-order valence-electron chi connectivity index (χ4n) is 2.14. The number of thiophene rings is 1. The molecular formula is C13H16N4S. The molecule has 2 aromatic heterocycles. The Morgan fingerprint density at radius 1 is 1.17 bits per heavy atom. The second kappa shape index (κ2) is 5.46. The van der Waals surface area contributed by atoms with Crippen molar-refractivity contribution < 1.29 is 0 Å². The zero-order valence-corrected chi connectivity index (χ0v) is 10.9. The predicted octanol–water partition coefficient (Wildman–Crippen LogP) is 2.37. The molecule has 1 fully saturated rings. The standard InChI is InChI=1S/C13H16N4S/c1-2-12(18-9-1)11-3-4-13(17-16-11)15-10-5-7-14-8-6-10/h1-4,9-10,14H,5-8H2,(H,15,17). The lowest BCUT2D eigenvalue weighted by Crippen LogP contribution is -2.35. The Bertz CT molecular complexity index is 474. The van der Waals surface area contributed by atoms with E-state index in [0.717, 1.165) is 42.3 Å². The summed E-state index contributed by atoms with van der Waals surface area (Å²) in [4.78, 5) is 1.16.